The van der Waals surface area contributed by atoms with Gasteiger partial charge in [0, 0.05) is 6.42 Å². The second-order valence-corrected chi connectivity index (χ2v) is 7.49. The zero-order valence-electron chi connectivity index (χ0n) is 17.4. The molecular formula is C21H36O7S. The third kappa shape index (κ3) is 22.7. The van der Waals surface area contributed by atoms with Crippen LogP contribution in [-0.4, -0.2) is 36.8 Å². The quantitative estimate of drug-likeness (QED) is 0.118. The zero-order valence-corrected chi connectivity index (χ0v) is 18.2. The Morgan fingerprint density at radius 2 is 1.55 bits per heavy atom. The normalized spacial score (nSPS) is 12.0. The molecule has 168 valence electrons. The van der Waals surface area contributed by atoms with Gasteiger partial charge in [-0.3, -0.25) is 9.11 Å². The highest BCUT2D eigenvalue weighted by molar-refractivity contribution is 7.79. The third-order valence-electron chi connectivity index (χ3n) is 3.97. The summed E-state index contributed by atoms with van der Waals surface area (Å²) in [5.74, 6) is 0.928. The molecular weight excluding hydrogens is 396 g/mol. The average Bonchev–Trinajstić information content (AvgIpc) is 2.66. The standard InChI is InChI=1S/C21H34O3.H2O4S/c1-3-5-6-7-8-9-11-16-21(17-19-23-22-18-4-2)24-20-14-12-10-13-15-20;1-5(2,3)4/h4,10,12-15,21H,2-3,5-9,11,16-19H2,1H3;(H2,1,2,3,4). The van der Waals surface area contributed by atoms with Crippen LogP contribution in [0.3, 0.4) is 0 Å². The molecule has 0 heterocycles. The Labute approximate surface area is 175 Å². The SMILES string of the molecule is C=CCOOCCC(CCCCCCCCC)Oc1ccccc1.O=S(=O)(O)O. The molecule has 0 bridgehead atoms. The minimum absolute atomic E-state index is 0.176. The van der Waals surface area contributed by atoms with Gasteiger partial charge in [0.05, 0.1) is 6.61 Å². The molecule has 8 heteroatoms. The lowest BCUT2D eigenvalue weighted by molar-refractivity contribution is -0.288. The van der Waals surface area contributed by atoms with E-state index < -0.39 is 10.4 Å². The van der Waals surface area contributed by atoms with Crippen LogP contribution in [0.1, 0.15) is 64.7 Å². The first-order valence-electron chi connectivity index (χ1n) is 10.1. The van der Waals surface area contributed by atoms with Crippen molar-refractivity contribution < 1.29 is 32.0 Å². The van der Waals surface area contributed by atoms with Gasteiger partial charge in [-0.15, -0.1) is 6.58 Å². The second kappa shape index (κ2) is 18.6. The first kappa shape index (κ1) is 27.5. The van der Waals surface area contributed by atoms with Crippen molar-refractivity contribution in [1.82, 2.24) is 0 Å². The minimum atomic E-state index is -4.67. The molecule has 0 aliphatic carbocycles. The highest BCUT2D eigenvalue weighted by atomic mass is 32.3. The number of benzene rings is 1. The Hall–Kier alpha value is -1.45. The number of hydrogen-bond donors (Lipinski definition) is 2. The monoisotopic (exact) mass is 432 g/mol. The lowest BCUT2D eigenvalue weighted by Crippen LogP contribution is -2.19. The summed E-state index contributed by atoms with van der Waals surface area (Å²) in [6, 6.07) is 10.0. The van der Waals surface area contributed by atoms with Gasteiger partial charge >= 0.3 is 10.4 Å². The Morgan fingerprint density at radius 1 is 0.966 bits per heavy atom. The van der Waals surface area contributed by atoms with E-state index in [0.717, 1.165) is 18.6 Å². The van der Waals surface area contributed by atoms with Crippen LogP contribution >= 0.6 is 0 Å². The maximum absolute atomic E-state index is 8.74. The van der Waals surface area contributed by atoms with Gasteiger partial charge in [0.2, 0.25) is 0 Å². The predicted octanol–water partition coefficient (Wildman–Crippen LogP) is 5.45. The molecule has 1 atom stereocenters. The topological polar surface area (TPSA) is 102 Å². The van der Waals surface area contributed by atoms with E-state index in [4.69, 9.17) is 32.0 Å². The first-order valence-corrected chi connectivity index (χ1v) is 11.5. The Kier molecular flexibility index (Phi) is 17.6. The molecule has 7 nitrogen and oxygen atoms in total. The molecule has 1 unspecified atom stereocenters. The summed E-state index contributed by atoms with van der Waals surface area (Å²) in [6.45, 7) is 6.81. The fraction of sp³-hybridized carbons (Fsp3) is 0.619. The Morgan fingerprint density at radius 3 is 2.14 bits per heavy atom. The predicted molar refractivity (Wildman–Crippen MR) is 114 cm³/mol. The van der Waals surface area contributed by atoms with E-state index in [0.29, 0.717) is 13.2 Å². The number of unbranched alkanes of at least 4 members (excludes halogenated alkanes) is 6. The van der Waals surface area contributed by atoms with Crippen LogP contribution in [0.25, 0.3) is 0 Å². The highest BCUT2D eigenvalue weighted by Crippen LogP contribution is 2.18. The first-order chi connectivity index (χ1) is 13.9. The van der Waals surface area contributed by atoms with Crippen LogP contribution in [0.15, 0.2) is 43.0 Å². The van der Waals surface area contributed by atoms with Crippen molar-refractivity contribution in [3.8, 4) is 5.75 Å². The van der Waals surface area contributed by atoms with Crippen LogP contribution in [-0.2, 0) is 20.2 Å². The summed E-state index contributed by atoms with van der Waals surface area (Å²) in [5, 5.41) is 0. The number of hydrogen-bond acceptors (Lipinski definition) is 5. The minimum Gasteiger partial charge on any atom is -0.490 e. The van der Waals surface area contributed by atoms with Crippen LogP contribution < -0.4 is 4.74 Å². The second-order valence-electron chi connectivity index (χ2n) is 6.59. The molecule has 0 fully saturated rings. The van der Waals surface area contributed by atoms with Gasteiger partial charge in [-0.1, -0.05) is 69.7 Å². The van der Waals surface area contributed by atoms with E-state index >= 15 is 0 Å². The highest BCUT2D eigenvalue weighted by Gasteiger charge is 2.11. The summed E-state index contributed by atoms with van der Waals surface area (Å²) in [6.07, 6.45) is 13.0. The third-order valence-corrected chi connectivity index (χ3v) is 3.97. The molecule has 1 rings (SSSR count). The lowest BCUT2D eigenvalue weighted by Gasteiger charge is -2.19. The van der Waals surface area contributed by atoms with Crippen molar-refractivity contribution in [1.29, 1.82) is 0 Å². The molecule has 0 spiro atoms. The van der Waals surface area contributed by atoms with Gasteiger partial charge in [-0.05, 0) is 25.0 Å². The van der Waals surface area contributed by atoms with E-state index in [2.05, 4.69) is 13.5 Å². The van der Waals surface area contributed by atoms with Crippen LogP contribution in [0.5, 0.6) is 5.75 Å². The molecule has 0 saturated carbocycles. The van der Waals surface area contributed by atoms with Crippen LogP contribution in [0, 0.1) is 0 Å². The largest absolute Gasteiger partial charge is 0.490 e. The Balaban J connectivity index is 0.00000139. The van der Waals surface area contributed by atoms with Crippen LogP contribution in [0.2, 0.25) is 0 Å². The van der Waals surface area contributed by atoms with E-state index in [-0.39, 0.29) is 6.10 Å². The fourth-order valence-electron chi connectivity index (χ4n) is 2.62. The van der Waals surface area contributed by atoms with E-state index in [9.17, 15) is 0 Å². The van der Waals surface area contributed by atoms with Crippen molar-refractivity contribution in [3.63, 3.8) is 0 Å². The molecule has 0 aliphatic rings. The van der Waals surface area contributed by atoms with Crippen molar-refractivity contribution in [2.45, 2.75) is 70.8 Å². The number of ether oxygens (including phenoxy) is 1. The van der Waals surface area contributed by atoms with Crippen molar-refractivity contribution >= 4 is 10.4 Å². The van der Waals surface area contributed by atoms with Gasteiger partial charge in [-0.2, -0.15) is 8.42 Å². The van der Waals surface area contributed by atoms with E-state index in [1.165, 1.54) is 44.9 Å². The zero-order chi connectivity index (χ0) is 21.8. The summed E-state index contributed by atoms with van der Waals surface area (Å²) in [7, 11) is -4.67. The molecule has 1 aromatic rings. The summed E-state index contributed by atoms with van der Waals surface area (Å²) < 4.78 is 37.7. The number of rotatable bonds is 16. The van der Waals surface area contributed by atoms with Gasteiger partial charge in [0.1, 0.15) is 18.5 Å². The molecule has 2 N–H and O–H groups in total. The van der Waals surface area contributed by atoms with E-state index in [1.807, 2.05) is 30.3 Å². The fourth-order valence-corrected chi connectivity index (χ4v) is 2.62. The van der Waals surface area contributed by atoms with Gasteiger partial charge in [0.15, 0.2) is 0 Å². The number of para-hydroxylation sites is 1. The maximum atomic E-state index is 8.74. The van der Waals surface area contributed by atoms with Crippen LogP contribution in [0.4, 0.5) is 0 Å². The van der Waals surface area contributed by atoms with Crippen molar-refractivity contribution in [2.75, 3.05) is 13.2 Å². The van der Waals surface area contributed by atoms with E-state index in [1.54, 1.807) is 6.08 Å². The smallest absolute Gasteiger partial charge is 0.394 e. The maximum Gasteiger partial charge on any atom is 0.394 e. The molecule has 1 aromatic carbocycles. The molecule has 0 radical (unpaired) electrons. The van der Waals surface area contributed by atoms with Gasteiger partial charge in [0.25, 0.3) is 0 Å². The summed E-state index contributed by atoms with van der Waals surface area (Å²) in [4.78, 5) is 10.2. The van der Waals surface area contributed by atoms with Crippen molar-refractivity contribution in [3.05, 3.63) is 43.0 Å². The summed E-state index contributed by atoms with van der Waals surface area (Å²) >= 11 is 0. The molecule has 0 aromatic heterocycles. The molecule has 0 saturated heterocycles. The van der Waals surface area contributed by atoms with Gasteiger partial charge < -0.3 is 4.74 Å². The van der Waals surface area contributed by atoms with Gasteiger partial charge in [-0.25, -0.2) is 9.78 Å². The molecule has 29 heavy (non-hydrogen) atoms. The summed E-state index contributed by atoms with van der Waals surface area (Å²) in [5.41, 5.74) is 0. The Bertz CT molecular complexity index is 582. The average molecular weight is 433 g/mol. The lowest BCUT2D eigenvalue weighted by atomic mass is 10.0. The molecule has 0 aliphatic heterocycles. The van der Waals surface area contributed by atoms with Crippen molar-refractivity contribution in [2.24, 2.45) is 0 Å². The molecule has 0 amide bonds.